The molecule has 0 aliphatic carbocycles. The summed E-state index contributed by atoms with van der Waals surface area (Å²) in [6, 6.07) is 9.68. The fourth-order valence-corrected chi connectivity index (χ4v) is 1.77. The molecule has 0 aliphatic heterocycles. The van der Waals surface area contributed by atoms with Gasteiger partial charge in [-0.15, -0.1) is 0 Å². The number of nitrogens with one attached hydrogen (secondary N) is 1. The summed E-state index contributed by atoms with van der Waals surface area (Å²) >= 11 is 0. The monoisotopic (exact) mass is 272 g/mol. The van der Waals surface area contributed by atoms with Crippen molar-refractivity contribution in [3.8, 4) is 0 Å². The summed E-state index contributed by atoms with van der Waals surface area (Å²) < 4.78 is 13.5. The highest BCUT2D eigenvalue weighted by Crippen LogP contribution is 2.18. The Bertz CT molecular complexity index is 638. The summed E-state index contributed by atoms with van der Waals surface area (Å²) in [7, 11) is 0. The van der Waals surface area contributed by atoms with Crippen molar-refractivity contribution >= 4 is 28.8 Å². The number of benzene rings is 2. The molecular formula is C15H17FN4. The van der Waals surface area contributed by atoms with Gasteiger partial charge in [0, 0.05) is 23.6 Å². The molecule has 0 aliphatic rings. The van der Waals surface area contributed by atoms with Crippen molar-refractivity contribution in [2.24, 2.45) is 0 Å². The Morgan fingerprint density at radius 3 is 2.50 bits per heavy atom. The topological polar surface area (TPSA) is 90.1 Å². The van der Waals surface area contributed by atoms with Gasteiger partial charge in [0.2, 0.25) is 0 Å². The van der Waals surface area contributed by atoms with Crippen LogP contribution in [0.2, 0.25) is 0 Å². The lowest BCUT2D eigenvalue weighted by atomic mass is 10.1. The van der Waals surface area contributed by atoms with Gasteiger partial charge in [-0.3, -0.25) is 0 Å². The molecule has 20 heavy (non-hydrogen) atoms. The summed E-state index contributed by atoms with van der Waals surface area (Å²) in [6.45, 7) is 0.453. The molecule has 5 heteroatoms. The zero-order valence-corrected chi connectivity index (χ0v) is 10.9. The van der Waals surface area contributed by atoms with Gasteiger partial charge >= 0.3 is 0 Å². The fourth-order valence-electron chi connectivity index (χ4n) is 1.77. The molecule has 7 N–H and O–H groups in total. The molecule has 0 atom stereocenters. The van der Waals surface area contributed by atoms with Crippen LogP contribution in [0.25, 0.3) is 6.08 Å². The summed E-state index contributed by atoms with van der Waals surface area (Å²) in [5.74, 6) is -0.337. The van der Waals surface area contributed by atoms with Crippen LogP contribution in [0.1, 0.15) is 5.56 Å². The zero-order chi connectivity index (χ0) is 14.5. The number of halogens is 1. The average molecular weight is 272 g/mol. The maximum absolute atomic E-state index is 13.5. The number of anilines is 4. The zero-order valence-electron chi connectivity index (χ0n) is 10.9. The Balaban J connectivity index is 2.00. The predicted octanol–water partition coefficient (Wildman–Crippen LogP) is 2.70. The number of rotatable bonds is 4. The van der Waals surface area contributed by atoms with E-state index >= 15 is 0 Å². The Labute approximate surface area is 117 Å². The van der Waals surface area contributed by atoms with Gasteiger partial charge in [-0.2, -0.15) is 0 Å². The first-order chi connectivity index (χ1) is 9.56. The van der Waals surface area contributed by atoms with Gasteiger partial charge in [0.15, 0.2) is 0 Å². The lowest BCUT2D eigenvalue weighted by Crippen LogP contribution is -2.01. The van der Waals surface area contributed by atoms with Gasteiger partial charge in [-0.1, -0.05) is 12.2 Å². The molecule has 104 valence electrons. The van der Waals surface area contributed by atoms with Crippen molar-refractivity contribution < 1.29 is 4.39 Å². The van der Waals surface area contributed by atoms with Crippen molar-refractivity contribution in [2.45, 2.75) is 0 Å². The Morgan fingerprint density at radius 1 is 1.00 bits per heavy atom. The standard InChI is InChI=1S/C15H17FN4/c16-13-5-3-12(18)9-15(13)20-7-1-2-10-8-11(17)4-6-14(10)19/h1-6,8-9,20H,7,17-19H2/b2-1+. The van der Waals surface area contributed by atoms with E-state index in [4.69, 9.17) is 17.2 Å². The molecule has 0 aromatic heterocycles. The molecule has 2 aromatic rings. The number of nitrogens with two attached hydrogens (primary N) is 3. The van der Waals surface area contributed by atoms with Crippen LogP contribution in [0, 0.1) is 5.82 Å². The van der Waals surface area contributed by atoms with Crippen LogP contribution in [-0.4, -0.2) is 6.54 Å². The SMILES string of the molecule is Nc1ccc(N)c(/C=C/CNc2cc(N)ccc2F)c1. The Hall–Kier alpha value is -2.69. The summed E-state index contributed by atoms with van der Waals surface area (Å²) in [5, 5.41) is 2.94. The smallest absolute Gasteiger partial charge is 0.146 e. The van der Waals surface area contributed by atoms with Gasteiger partial charge in [0.05, 0.1) is 5.69 Å². The van der Waals surface area contributed by atoms with E-state index in [1.807, 2.05) is 12.2 Å². The molecule has 0 saturated carbocycles. The van der Waals surface area contributed by atoms with Crippen LogP contribution in [-0.2, 0) is 0 Å². The van der Waals surface area contributed by atoms with Gasteiger partial charge < -0.3 is 22.5 Å². The highest BCUT2D eigenvalue weighted by Gasteiger charge is 2.00. The molecule has 0 spiro atoms. The quantitative estimate of drug-likeness (QED) is 0.644. The van der Waals surface area contributed by atoms with Crippen LogP contribution in [0.3, 0.4) is 0 Å². The van der Waals surface area contributed by atoms with E-state index in [1.54, 1.807) is 24.3 Å². The van der Waals surface area contributed by atoms with Crippen LogP contribution in [0.5, 0.6) is 0 Å². The van der Waals surface area contributed by atoms with E-state index in [-0.39, 0.29) is 5.82 Å². The fraction of sp³-hybridized carbons (Fsp3) is 0.0667. The predicted molar refractivity (Wildman–Crippen MR) is 83.6 cm³/mol. The molecule has 0 amide bonds. The van der Waals surface area contributed by atoms with Gasteiger partial charge in [-0.25, -0.2) is 4.39 Å². The number of nitrogen functional groups attached to an aromatic ring is 3. The van der Waals surface area contributed by atoms with Crippen LogP contribution in [0.15, 0.2) is 42.5 Å². The molecular weight excluding hydrogens is 255 g/mol. The van der Waals surface area contributed by atoms with Crippen molar-refractivity contribution in [2.75, 3.05) is 29.1 Å². The van der Waals surface area contributed by atoms with Crippen molar-refractivity contribution in [3.63, 3.8) is 0 Å². The third kappa shape index (κ3) is 3.41. The number of hydrogen-bond acceptors (Lipinski definition) is 4. The second-order valence-corrected chi connectivity index (χ2v) is 4.41. The van der Waals surface area contributed by atoms with E-state index in [0.29, 0.717) is 29.3 Å². The average Bonchev–Trinajstić information content (AvgIpc) is 2.42. The number of hydrogen-bond donors (Lipinski definition) is 4. The van der Waals surface area contributed by atoms with Crippen molar-refractivity contribution in [1.82, 2.24) is 0 Å². The van der Waals surface area contributed by atoms with Crippen LogP contribution in [0.4, 0.5) is 27.1 Å². The third-order valence-corrected chi connectivity index (χ3v) is 2.81. The minimum absolute atomic E-state index is 0.337. The molecule has 0 unspecified atom stereocenters. The first kappa shape index (κ1) is 13.7. The molecule has 0 heterocycles. The van der Waals surface area contributed by atoms with E-state index < -0.39 is 0 Å². The van der Waals surface area contributed by atoms with Crippen molar-refractivity contribution in [3.05, 3.63) is 53.9 Å². The van der Waals surface area contributed by atoms with Crippen molar-refractivity contribution in [1.29, 1.82) is 0 Å². The summed E-state index contributed by atoms with van der Waals surface area (Å²) in [6.07, 6.45) is 3.68. The summed E-state index contributed by atoms with van der Waals surface area (Å²) in [4.78, 5) is 0. The van der Waals surface area contributed by atoms with E-state index in [9.17, 15) is 4.39 Å². The molecule has 0 fully saturated rings. The largest absolute Gasteiger partial charge is 0.399 e. The minimum atomic E-state index is -0.337. The van der Waals surface area contributed by atoms with Gasteiger partial charge in [0.25, 0.3) is 0 Å². The van der Waals surface area contributed by atoms with Gasteiger partial charge in [-0.05, 0) is 42.0 Å². The first-order valence-corrected chi connectivity index (χ1v) is 6.16. The van der Waals surface area contributed by atoms with E-state index in [2.05, 4.69) is 5.32 Å². The third-order valence-electron chi connectivity index (χ3n) is 2.81. The Kier molecular flexibility index (Phi) is 4.10. The lowest BCUT2D eigenvalue weighted by molar-refractivity contribution is 0.631. The first-order valence-electron chi connectivity index (χ1n) is 6.16. The lowest BCUT2D eigenvalue weighted by Gasteiger charge is -2.06. The normalized spacial score (nSPS) is 10.8. The molecule has 2 rings (SSSR count). The van der Waals surface area contributed by atoms with Gasteiger partial charge in [0.1, 0.15) is 5.82 Å². The van der Waals surface area contributed by atoms with E-state index in [1.165, 1.54) is 12.1 Å². The maximum atomic E-state index is 13.5. The second kappa shape index (κ2) is 5.97. The highest BCUT2D eigenvalue weighted by molar-refractivity contribution is 5.68. The molecule has 4 nitrogen and oxygen atoms in total. The van der Waals surface area contributed by atoms with E-state index in [0.717, 1.165) is 5.56 Å². The molecule has 0 bridgehead atoms. The van der Waals surface area contributed by atoms with Crippen LogP contribution < -0.4 is 22.5 Å². The second-order valence-electron chi connectivity index (χ2n) is 4.41. The molecule has 0 saturated heterocycles. The van der Waals surface area contributed by atoms with Crippen LogP contribution >= 0.6 is 0 Å². The maximum Gasteiger partial charge on any atom is 0.146 e. The molecule has 2 aromatic carbocycles. The Morgan fingerprint density at radius 2 is 1.70 bits per heavy atom. The highest BCUT2D eigenvalue weighted by atomic mass is 19.1. The summed E-state index contributed by atoms with van der Waals surface area (Å²) in [5.41, 5.74) is 20.1. The minimum Gasteiger partial charge on any atom is -0.399 e. The molecule has 0 radical (unpaired) electrons.